The Kier molecular flexibility index (Phi) is 5.69. The first kappa shape index (κ1) is 17.0. The van der Waals surface area contributed by atoms with Crippen molar-refractivity contribution >= 4 is 17.6 Å². The lowest BCUT2D eigenvalue weighted by molar-refractivity contribution is 0.375. The van der Waals surface area contributed by atoms with E-state index in [-0.39, 0.29) is 0 Å². The van der Waals surface area contributed by atoms with Gasteiger partial charge in [0.2, 0.25) is 11.7 Å². The third-order valence-corrected chi connectivity index (χ3v) is 3.55. The third kappa shape index (κ3) is 4.84. The van der Waals surface area contributed by atoms with Gasteiger partial charge in [-0.2, -0.15) is 4.98 Å². The Balaban J connectivity index is 1.61. The summed E-state index contributed by atoms with van der Waals surface area (Å²) in [6.07, 6.45) is 1.63. The molecule has 0 saturated carbocycles. The molecule has 2 N–H and O–H groups in total. The zero-order valence-corrected chi connectivity index (χ0v) is 14.5. The number of rotatable bonds is 6. The Morgan fingerprint density at radius 1 is 1.20 bits per heavy atom. The van der Waals surface area contributed by atoms with Crippen molar-refractivity contribution in [2.75, 3.05) is 6.54 Å². The summed E-state index contributed by atoms with van der Waals surface area (Å²) in [6, 6.07) is 11.0. The average Bonchev–Trinajstić information content (AvgIpc) is 3.30. The smallest absolute Gasteiger partial charge is 0.246 e. The maximum absolute atomic E-state index is 5.88. The van der Waals surface area contributed by atoms with Crippen LogP contribution < -0.4 is 10.6 Å². The molecule has 0 aliphatic heterocycles. The molecule has 0 saturated heterocycles. The lowest BCUT2D eigenvalue weighted by Crippen LogP contribution is -2.36. The number of aliphatic imine (C=N–C) groups is 1. The largest absolute Gasteiger partial charge is 0.467 e. The Bertz CT molecular complexity index is 812. The first-order valence-corrected chi connectivity index (χ1v) is 8.25. The number of guanidine groups is 1. The van der Waals surface area contributed by atoms with Gasteiger partial charge in [-0.3, -0.25) is 0 Å². The number of nitrogens with zero attached hydrogens (tertiary/aromatic N) is 3. The molecule has 130 valence electrons. The molecule has 0 bridgehead atoms. The molecule has 8 heteroatoms. The summed E-state index contributed by atoms with van der Waals surface area (Å²) < 4.78 is 10.5. The second-order valence-electron chi connectivity index (χ2n) is 5.15. The summed E-state index contributed by atoms with van der Waals surface area (Å²) in [5.41, 5.74) is 0.845. The molecule has 0 spiro atoms. The van der Waals surface area contributed by atoms with Crippen molar-refractivity contribution < 1.29 is 8.94 Å². The summed E-state index contributed by atoms with van der Waals surface area (Å²) in [5, 5.41) is 11.0. The molecule has 2 heterocycles. The number of benzene rings is 1. The van der Waals surface area contributed by atoms with Crippen LogP contribution in [0, 0.1) is 0 Å². The molecule has 0 aliphatic carbocycles. The van der Waals surface area contributed by atoms with E-state index in [9.17, 15) is 0 Å². The maximum Gasteiger partial charge on any atom is 0.246 e. The SMILES string of the molecule is CCNC(=NCc1ccco1)NCc1nc(-c2ccc(Cl)cc2)no1. The summed E-state index contributed by atoms with van der Waals surface area (Å²) in [7, 11) is 0. The fourth-order valence-electron chi connectivity index (χ4n) is 2.10. The molecule has 25 heavy (non-hydrogen) atoms. The van der Waals surface area contributed by atoms with E-state index in [4.69, 9.17) is 20.5 Å². The minimum Gasteiger partial charge on any atom is -0.467 e. The topological polar surface area (TPSA) is 88.5 Å². The van der Waals surface area contributed by atoms with Crippen molar-refractivity contribution in [3.8, 4) is 11.4 Å². The first-order chi connectivity index (χ1) is 12.2. The molecule has 2 aromatic heterocycles. The Labute approximate surface area is 150 Å². The van der Waals surface area contributed by atoms with E-state index < -0.39 is 0 Å². The molecule has 0 radical (unpaired) electrons. The van der Waals surface area contributed by atoms with Crippen LogP contribution in [0.15, 0.2) is 56.6 Å². The van der Waals surface area contributed by atoms with Crippen LogP contribution in [0.4, 0.5) is 0 Å². The van der Waals surface area contributed by atoms with Gasteiger partial charge in [-0.25, -0.2) is 4.99 Å². The van der Waals surface area contributed by atoms with Crippen LogP contribution in [0.3, 0.4) is 0 Å². The van der Waals surface area contributed by atoms with Gasteiger partial charge >= 0.3 is 0 Å². The summed E-state index contributed by atoms with van der Waals surface area (Å²) >= 11 is 5.88. The predicted molar refractivity (Wildman–Crippen MR) is 95.1 cm³/mol. The Morgan fingerprint density at radius 2 is 2.04 bits per heavy atom. The average molecular weight is 360 g/mol. The van der Waals surface area contributed by atoms with E-state index in [0.29, 0.717) is 35.8 Å². The minimum absolute atomic E-state index is 0.366. The molecule has 1 aromatic carbocycles. The summed E-state index contributed by atoms with van der Waals surface area (Å²) in [6.45, 7) is 3.55. The fraction of sp³-hybridized carbons (Fsp3) is 0.235. The van der Waals surface area contributed by atoms with E-state index in [1.165, 1.54) is 0 Å². The van der Waals surface area contributed by atoms with Gasteiger partial charge in [0.1, 0.15) is 12.3 Å². The van der Waals surface area contributed by atoms with Crippen LogP contribution in [0.25, 0.3) is 11.4 Å². The van der Waals surface area contributed by atoms with Crippen molar-refractivity contribution in [1.29, 1.82) is 0 Å². The van der Waals surface area contributed by atoms with E-state index in [2.05, 4.69) is 25.8 Å². The normalized spacial score (nSPS) is 11.5. The molecule has 0 fully saturated rings. The fourth-order valence-corrected chi connectivity index (χ4v) is 2.23. The van der Waals surface area contributed by atoms with Crippen LogP contribution >= 0.6 is 11.6 Å². The number of halogens is 1. The number of hydrogen-bond donors (Lipinski definition) is 2. The highest BCUT2D eigenvalue weighted by Crippen LogP contribution is 2.18. The second-order valence-corrected chi connectivity index (χ2v) is 5.58. The predicted octanol–water partition coefficient (Wildman–Crippen LogP) is 3.24. The molecule has 3 rings (SSSR count). The number of furan rings is 1. The lowest BCUT2D eigenvalue weighted by Gasteiger charge is -2.08. The van der Waals surface area contributed by atoms with E-state index in [1.807, 2.05) is 31.2 Å². The second kappa shape index (κ2) is 8.34. The van der Waals surface area contributed by atoms with Crippen LogP contribution in [0.5, 0.6) is 0 Å². The zero-order chi connectivity index (χ0) is 17.5. The number of hydrogen-bond acceptors (Lipinski definition) is 5. The monoisotopic (exact) mass is 359 g/mol. The minimum atomic E-state index is 0.366. The quantitative estimate of drug-likeness (QED) is 0.519. The standard InChI is InChI=1S/C17H18ClN5O2/c1-2-19-17(20-10-14-4-3-9-24-14)21-11-15-22-16(23-25-15)12-5-7-13(18)8-6-12/h3-9H,2,10-11H2,1H3,(H2,19,20,21). The molecular formula is C17H18ClN5O2. The summed E-state index contributed by atoms with van der Waals surface area (Å²) in [5.74, 6) is 2.42. The Morgan fingerprint density at radius 3 is 2.76 bits per heavy atom. The van der Waals surface area contributed by atoms with Crippen LogP contribution in [-0.2, 0) is 13.1 Å². The van der Waals surface area contributed by atoms with Crippen molar-refractivity contribution in [2.45, 2.75) is 20.0 Å². The molecule has 0 unspecified atom stereocenters. The van der Waals surface area contributed by atoms with Gasteiger partial charge in [0.25, 0.3) is 0 Å². The maximum atomic E-state index is 5.88. The van der Waals surface area contributed by atoms with Crippen molar-refractivity contribution in [3.63, 3.8) is 0 Å². The highest BCUT2D eigenvalue weighted by Gasteiger charge is 2.09. The molecular weight excluding hydrogens is 342 g/mol. The third-order valence-electron chi connectivity index (χ3n) is 3.29. The van der Waals surface area contributed by atoms with Crippen LogP contribution in [0.2, 0.25) is 5.02 Å². The molecule has 0 amide bonds. The van der Waals surface area contributed by atoms with Gasteiger partial charge in [0.15, 0.2) is 5.96 Å². The van der Waals surface area contributed by atoms with Gasteiger partial charge < -0.3 is 19.6 Å². The van der Waals surface area contributed by atoms with Gasteiger partial charge in [-0.05, 0) is 43.3 Å². The molecule has 0 aliphatic rings. The van der Waals surface area contributed by atoms with E-state index in [1.54, 1.807) is 18.4 Å². The lowest BCUT2D eigenvalue weighted by atomic mass is 10.2. The van der Waals surface area contributed by atoms with Crippen molar-refractivity contribution in [1.82, 2.24) is 20.8 Å². The number of aromatic nitrogens is 2. The molecule has 0 atom stereocenters. The van der Waals surface area contributed by atoms with Gasteiger partial charge in [0.05, 0.1) is 12.8 Å². The first-order valence-electron chi connectivity index (χ1n) is 7.87. The summed E-state index contributed by atoms with van der Waals surface area (Å²) in [4.78, 5) is 8.81. The van der Waals surface area contributed by atoms with Gasteiger partial charge in [-0.15, -0.1) is 0 Å². The molecule has 7 nitrogen and oxygen atoms in total. The van der Waals surface area contributed by atoms with Gasteiger partial charge in [0, 0.05) is 17.1 Å². The molecule has 3 aromatic rings. The van der Waals surface area contributed by atoms with E-state index in [0.717, 1.165) is 17.9 Å². The number of nitrogens with one attached hydrogen (secondary N) is 2. The zero-order valence-electron chi connectivity index (χ0n) is 13.7. The van der Waals surface area contributed by atoms with E-state index >= 15 is 0 Å². The highest BCUT2D eigenvalue weighted by molar-refractivity contribution is 6.30. The van der Waals surface area contributed by atoms with Crippen molar-refractivity contribution in [2.24, 2.45) is 4.99 Å². The Hall–Kier alpha value is -2.80. The highest BCUT2D eigenvalue weighted by atomic mass is 35.5. The van der Waals surface area contributed by atoms with Crippen LogP contribution in [0.1, 0.15) is 18.6 Å². The van der Waals surface area contributed by atoms with Crippen LogP contribution in [-0.4, -0.2) is 22.6 Å². The van der Waals surface area contributed by atoms with Gasteiger partial charge in [-0.1, -0.05) is 16.8 Å². The van der Waals surface area contributed by atoms with Crippen molar-refractivity contribution in [3.05, 3.63) is 59.3 Å².